The maximum atomic E-state index is 12.2. The molecule has 1 N–H and O–H groups in total. The highest BCUT2D eigenvalue weighted by molar-refractivity contribution is 9.10. The lowest BCUT2D eigenvalue weighted by Crippen LogP contribution is -2.29. The third-order valence-electron chi connectivity index (χ3n) is 4.51. The van der Waals surface area contributed by atoms with Gasteiger partial charge in [0.25, 0.3) is 5.91 Å². The number of carbonyl (C=O) groups is 3. The normalized spacial score (nSPS) is 16.1. The second-order valence-corrected chi connectivity index (χ2v) is 7.56. The van der Waals surface area contributed by atoms with Crippen molar-refractivity contribution in [3.8, 4) is 0 Å². The van der Waals surface area contributed by atoms with Crippen LogP contribution in [0.4, 0.5) is 5.69 Å². The standard InChI is InChI=1S/C21H21BrN2O4/c22-17-7-4-8-18(12-17)23-19(25)14-28-21(27)16-11-20(26)24(13-16)10-9-15-5-2-1-3-6-15/h1-8,12,16H,9-11,13-14H2,(H,23,25). The Morgan fingerprint density at radius 2 is 1.93 bits per heavy atom. The molecule has 2 aromatic carbocycles. The van der Waals surface area contributed by atoms with Gasteiger partial charge in [0.15, 0.2) is 6.61 Å². The third-order valence-corrected chi connectivity index (χ3v) is 5.01. The zero-order valence-electron chi connectivity index (χ0n) is 15.3. The average molecular weight is 445 g/mol. The predicted molar refractivity (Wildman–Crippen MR) is 109 cm³/mol. The number of amides is 2. The summed E-state index contributed by atoms with van der Waals surface area (Å²) in [7, 11) is 0. The van der Waals surface area contributed by atoms with Crippen LogP contribution in [0, 0.1) is 5.92 Å². The molecular formula is C21H21BrN2O4. The first kappa shape index (κ1) is 20.1. The summed E-state index contributed by atoms with van der Waals surface area (Å²) in [6.07, 6.45) is 0.865. The second kappa shape index (κ2) is 9.50. The largest absolute Gasteiger partial charge is 0.455 e. The van der Waals surface area contributed by atoms with E-state index in [4.69, 9.17) is 4.74 Å². The van der Waals surface area contributed by atoms with E-state index in [0.29, 0.717) is 18.8 Å². The van der Waals surface area contributed by atoms with Gasteiger partial charge in [-0.3, -0.25) is 14.4 Å². The molecule has 0 aliphatic carbocycles. The lowest BCUT2D eigenvalue weighted by Gasteiger charge is -2.16. The molecule has 0 bridgehead atoms. The van der Waals surface area contributed by atoms with Crippen molar-refractivity contribution in [2.24, 2.45) is 5.92 Å². The molecule has 7 heteroatoms. The van der Waals surface area contributed by atoms with Gasteiger partial charge in [-0.25, -0.2) is 0 Å². The minimum atomic E-state index is -0.526. The van der Waals surface area contributed by atoms with Crippen LogP contribution in [0.15, 0.2) is 59.1 Å². The van der Waals surface area contributed by atoms with Crippen LogP contribution in [0.3, 0.4) is 0 Å². The van der Waals surface area contributed by atoms with Crippen molar-refractivity contribution in [2.75, 3.05) is 25.0 Å². The van der Waals surface area contributed by atoms with Crippen molar-refractivity contribution in [1.29, 1.82) is 0 Å². The Labute approximate surface area is 172 Å². The minimum absolute atomic E-state index is 0.0588. The fraction of sp³-hybridized carbons (Fsp3) is 0.286. The molecule has 0 radical (unpaired) electrons. The number of nitrogens with zero attached hydrogens (tertiary/aromatic N) is 1. The van der Waals surface area contributed by atoms with E-state index in [0.717, 1.165) is 16.5 Å². The highest BCUT2D eigenvalue weighted by atomic mass is 79.9. The first-order valence-corrected chi connectivity index (χ1v) is 9.84. The third kappa shape index (κ3) is 5.66. The zero-order chi connectivity index (χ0) is 19.9. The molecule has 28 heavy (non-hydrogen) atoms. The Kier molecular flexibility index (Phi) is 6.81. The molecular weight excluding hydrogens is 424 g/mol. The van der Waals surface area contributed by atoms with Crippen LogP contribution < -0.4 is 5.32 Å². The number of nitrogens with one attached hydrogen (secondary N) is 1. The van der Waals surface area contributed by atoms with Gasteiger partial charge in [0, 0.05) is 29.7 Å². The van der Waals surface area contributed by atoms with E-state index < -0.39 is 17.8 Å². The number of carbonyl (C=O) groups excluding carboxylic acids is 3. The summed E-state index contributed by atoms with van der Waals surface area (Å²) in [6.45, 7) is 0.522. The number of hydrogen-bond donors (Lipinski definition) is 1. The van der Waals surface area contributed by atoms with Crippen LogP contribution in [0.5, 0.6) is 0 Å². The van der Waals surface area contributed by atoms with Crippen molar-refractivity contribution >= 4 is 39.4 Å². The van der Waals surface area contributed by atoms with Crippen molar-refractivity contribution in [2.45, 2.75) is 12.8 Å². The van der Waals surface area contributed by atoms with E-state index in [1.54, 1.807) is 23.1 Å². The van der Waals surface area contributed by atoms with Gasteiger partial charge in [0.1, 0.15) is 0 Å². The summed E-state index contributed by atoms with van der Waals surface area (Å²) in [5.74, 6) is -1.52. The summed E-state index contributed by atoms with van der Waals surface area (Å²) in [4.78, 5) is 38.0. The van der Waals surface area contributed by atoms with Gasteiger partial charge in [-0.15, -0.1) is 0 Å². The number of likely N-dealkylation sites (tertiary alicyclic amines) is 1. The summed E-state index contributed by atoms with van der Waals surface area (Å²) < 4.78 is 5.94. The van der Waals surface area contributed by atoms with Gasteiger partial charge >= 0.3 is 5.97 Å². The first-order chi connectivity index (χ1) is 13.5. The number of halogens is 1. The van der Waals surface area contributed by atoms with Crippen LogP contribution in [0.2, 0.25) is 0 Å². The van der Waals surface area contributed by atoms with Gasteiger partial charge in [-0.1, -0.05) is 52.3 Å². The molecule has 2 aromatic rings. The zero-order valence-corrected chi connectivity index (χ0v) is 16.9. The Bertz CT molecular complexity index is 856. The quantitative estimate of drug-likeness (QED) is 0.665. The number of esters is 1. The summed E-state index contributed by atoms with van der Waals surface area (Å²) in [6, 6.07) is 17.0. The Hall–Kier alpha value is -2.67. The van der Waals surface area contributed by atoms with E-state index in [1.807, 2.05) is 36.4 Å². The fourth-order valence-electron chi connectivity index (χ4n) is 3.07. The topological polar surface area (TPSA) is 75.7 Å². The van der Waals surface area contributed by atoms with Gasteiger partial charge in [0.05, 0.1) is 5.92 Å². The van der Waals surface area contributed by atoms with Crippen LogP contribution in [-0.4, -0.2) is 42.4 Å². The molecule has 0 aromatic heterocycles. The van der Waals surface area contributed by atoms with Crippen molar-refractivity contribution in [1.82, 2.24) is 4.90 Å². The lowest BCUT2D eigenvalue weighted by atomic mass is 10.1. The highest BCUT2D eigenvalue weighted by Gasteiger charge is 2.35. The Morgan fingerprint density at radius 3 is 2.68 bits per heavy atom. The summed E-state index contributed by atoms with van der Waals surface area (Å²) >= 11 is 3.32. The first-order valence-electron chi connectivity index (χ1n) is 9.05. The monoisotopic (exact) mass is 444 g/mol. The minimum Gasteiger partial charge on any atom is -0.455 e. The summed E-state index contributed by atoms with van der Waals surface area (Å²) in [5.41, 5.74) is 1.75. The Balaban J connectivity index is 1.43. The molecule has 1 saturated heterocycles. The Morgan fingerprint density at radius 1 is 1.14 bits per heavy atom. The second-order valence-electron chi connectivity index (χ2n) is 6.64. The van der Waals surface area contributed by atoms with Crippen LogP contribution in [0.25, 0.3) is 0 Å². The number of rotatable bonds is 7. The molecule has 1 unspecified atom stereocenters. The van der Waals surface area contributed by atoms with Crippen LogP contribution in [0.1, 0.15) is 12.0 Å². The smallest absolute Gasteiger partial charge is 0.311 e. The fourth-order valence-corrected chi connectivity index (χ4v) is 3.47. The molecule has 0 saturated carbocycles. The lowest BCUT2D eigenvalue weighted by molar-refractivity contribution is -0.151. The molecule has 1 aliphatic heterocycles. The molecule has 1 heterocycles. The van der Waals surface area contributed by atoms with Crippen molar-refractivity contribution in [3.63, 3.8) is 0 Å². The number of hydrogen-bond acceptors (Lipinski definition) is 4. The molecule has 1 aliphatic rings. The maximum Gasteiger partial charge on any atom is 0.311 e. The van der Waals surface area contributed by atoms with E-state index in [2.05, 4.69) is 21.2 Å². The molecule has 0 spiro atoms. The molecule has 3 rings (SSSR count). The number of ether oxygens (including phenoxy) is 1. The molecule has 146 valence electrons. The molecule has 1 fully saturated rings. The van der Waals surface area contributed by atoms with E-state index >= 15 is 0 Å². The molecule has 1 atom stereocenters. The van der Waals surface area contributed by atoms with Gasteiger partial charge in [-0.05, 0) is 30.2 Å². The van der Waals surface area contributed by atoms with Crippen LogP contribution in [-0.2, 0) is 25.5 Å². The predicted octanol–water partition coefficient (Wildman–Crippen LogP) is 3.02. The van der Waals surface area contributed by atoms with Gasteiger partial charge in [-0.2, -0.15) is 0 Å². The van der Waals surface area contributed by atoms with Crippen LogP contribution >= 0.6 is 15.9 Å². The summed E-state index contributed by atoms with van der Waals surface area (Å²) in [5, 5.41) is 2.66. The van der Waals surface area contributed by atoms with Gasteiger partial charge < -0.3 is 15.0 Å². The highest BCUT2D eigenvalue weighted by Crippen LogP contribution is 2.20. The van der Waals surface area contributed by atoms with Crippen molar-refractivity contribution < 1.29 is 19.1 Å². The van der Waals surface area contributed by atoms with E-state index in [1.165, 1.54) is 0 Å². The maximum absolute atomic E-state index is 12.2. The van der Waals surface area contributed by atoms with Crippen molar-refractivity contribution in [3.05, 3.63) is 64.6 Å². The van der Waals surface area contributed by atoms with E-state index in [-0.39, 0.29) is 18.9 Å². The number of anilines is 1. The van der Waals surface area contributed by atoms with E-state index in [9.17, 15) is 14.4 Å². The molecule has 2 amide bonds. The average Bonchev–Trinajstić information content (AvgIpc) is 3.06. The molecule has 6 nitrogen and oxygen atoms in total. The van der Waals surface area contributed by atoms with Gasteiger partial charge in [0.2, 0.25) is 5.91 Å². The SMILES string of the molecule is O=C(COC(=O)C1CC(=O)N(CCc2ccccc2)C1)Nc1cccc(Br)c1. The number of benzene rings is 2.